The molecule has 2 aromatic heterocycles. The van der Waals surface area contributed by atoms with Gasteiger partial charge in [-0.05, 0) is 48.7 Å². The molecule has 0 fully saturated rings. The highest BCUT2D eigenvalue weighted by Gasteiger charge is 2.17. The highest BCUT2D eigenvalue weighted by Crippen LogP contribution is 2.32. The number of benzene rings is 2. The Morgan fingerprint density at radius 3 is 2.62 bits per heavy atom. The van der Waals surface area contributed by atoms with E-state index in [4.69, 9.17) is 9.17 Å². The van der Waals surface area contributed by atoms with Crippen LogP contribution in [0.3, 0.4) is 0 Å². The first-order valence-corrected chi connectivity index (χ1v) is 12.3. The van der Waals surface area contributed by atoms with Crippen molar-refractivity contribution in [2.45, 2.75) is 33.2 Å². The third kappa shape index (κ3) is 5.11. The van der Waals surface area contributed by atoms with Crippen molar-refractivity contribution in [3.05, 3.63) is 84.1 Å². The number of hydrogen-bond donors (Lipinski definition) is 1. The molecule has 0 aliphatic carbocycles. The summed E-state index contributed by atoms with van der Waals surface area (Å²) in [6.07, 6.45) is 3.35. The zero-order valence-electron chi connectivity index (χ0n) is 18.3. The smallest absolute Gasteiger partial charge is 0.309 e. The van der Waals surface area contributed by atoms with Gasteiger partial charge < -0.3 is 9.50 Å². The minimum atomic E-state index is -3.62. The number of aromatic nitrogens is 2. The molecule has 6 nitrogen and oxygen atoms in total. The van der Waals surface area contributed by atoms with Gasteiger partial charge in [-0.3, -0.25) is 4.40 Å². The lowest BCUT2D eigenvalue weighted by atomic mass is 10.1. The normalized spacial score (nSPS) is 11.6. The summed E-state index contributed by atoms with van der Waals surface area (Å²) < 4.78 is 31.9. The highest BCUT2D eigenvalue weighted by atomic mass is 32.2. The maximum absolute atomic E-state index is 12.3. The Hall–Kier alpha value is -3.32. The number of aryl methyl sites for hydroxylation is 1. The van der Waals surface area contributed by atoms with Gasteiger partial charge >= 0.3 is 10.1 Å². The molecule has 1 N–H and O–H groups in total. The lowest BCUT2D eigenvalue weighted by Gasteiger charge is -2.11. The van der Waals surface area contributed by atoms with Crippen LogP contribution in [0.25, 0.3) is 16.9 Å². The van der Waals surface area contributed by atoms with Crippen LogP contribution in [0.4, 0.5) is 5.82 Å². The number of fused-ring (bicyclic) bond motifs is 1. The van der Waals surface area contributed by atoms with Crippen molar-refractivity contribution < 1.29 is 12.6 Å². The Bertz CT molecular complexity index is 1320. The first-order chi connectivity index (χ1) is 15.4. The highest BCUT2D eigenvalue weighted by molar-refractivity contribution is 7.87. The Balaban J connectivity index is 1.70. The Morgan fingerprint density at radius 2 is 1.84 bits per heavy atom. The monoisotopic (exact) mass is 449 g/mol. The van der Waals surface area contributed by atoms with E-state index in [0.717, 1.165) is 40.3 Å². The second-order valence-corrected chi connectivity index (χ2v) is 9.50. The standard InChI is InChI=1S/C25H27N3O3S/c1-3-4-15-32(29,30)31-22-12-8-11-21(17-22)24-25(26-18-20-9-6-5-7-10-20)28-14-13-19(2)16-23(28)27-24/h5-14,16-17,26H,3-4,15,18H2,1-2H3. The van der Waals surface area contributed by atoms with Crippen molar-refractivity contribution in [1.82, 2.24) is 9.38 Å². The predicted octanol–water partition coefficient (Wildman–Crippen LogP) is 5.43. The summed E-state index contributed by atoms with van der Waals surface area (Å²) in [6.45, 7) is 4.61. The zero-order chi connectivity index (χ0) is 22.6. The molecule has 7 heteroatoms. The van der Waals surface area contributed by atoms with Gasteiger partial charge in [0.15, 0.2) is 0 Å². The molecule has 0 radical (unpaired) electrons. The van der Waals surface area contributed by atoms with Gasteiger partial charge in [-0.15, -0.1) is 0 Å². The summed E-state index contributed by atoms with van der Waals surface area (Å²) in [5.74, 6) is 1.14. The fourth-order valence-corrected chi connectivity index (χ4v) is 4.63. The maximum atomic E-state index is 12.3. The van der Waals surface area contributed by atoms with Crippen molar-refractivity contribution >= 4 is 21.6 Å². The molecule has 0 atom stereocenters. The first kappa shape index (κ1) is 21.9. The molecular formula is C25H27N3O3S. The average molecular weight is 450 g/mol. The largest absolute Gasteiger partial charge is 0.382 e. The van der Waals surface area contributed by atoms with Crippen LogP contribution in [0, 0.1) is 6.92 Å². The Kier molecular flexibility index (Phi) is 6.46. The number of nitrogens with zero attached hydrogens (tertiary/aromatic N) is 2. The molecule has 4 rings (SSSR count). The number of rotatable bonds is 9. The van der Waals surface area contributed by atoms with Crippen molar-refractivity contribution in [2.75, 3.05) is 11.1 Å². The van der Waals surface area contributed by atoms with Crippen LogP contribution in [0.1, 0.15) is 30.9 Å². The fourth-order valence-electron chi connectivity index (χ4n) is 3.50. The van der Waals surface area contributed by atoms with Crippen LogP contribution in [-0.2, 0) is 16.7 Å². The molecule has 0 bridgehead atoms. The molecule has 0 saturated carbocycles. The maximum Gasteiger partial charge on any atom is 0.309 e. The van der Waals surface area contributed by atoms with Crippen LogP contribution in [-0.4, -0.2) is 23.6 Å². The molecule has 0 unspecified atom stereocenters. The molecule has 166 valence electrons. The van der Waals surface area contributed by atoms with Crippen LogP contribution < -0.4 is 9.50 Å². The van der Waals surface area contributed by atoms with Gasteiger partial charge in [-0.2, -0.15) is 8.42 Å². The molecule has 32 heavy (non-hydrogen) atoms. The number of anilines is 1. The molecule has 2 aromatic carbocycles. The van der Waals surface area contributed by atoms with Crippen LogP contribution in [0.2, 0.25) is 0 Å². The van der Waals surface area contributed by atoms with Gasteiger partial charge in [0, 0.05) is 18.3 Å². The third-order valence-electron chi connectivity index (χ3n) is 5.16. The zero-order valence-corrected chi connectivity index (χ0v) is 19.1. The van der Waals surface area contributed by atoms with E-state index in [9.17, 15) is 8.42 Å². The van der Waals surface area contributed by atoms with Crippen molar-refractivity contribution in [3.63, 3.8) is 0 Å². The molecule has 0 spiro atoms. The minimum absolute atomic E-state index is 0.00521. The van der Waals surface area contributed by atoms with E-state index in [0.29, 0.717) is 18.7 Å². The quantitative estimate of drug-likeness (QED) is 0.345. The van der Waals surface area contributed by atoms with E-state index >= 15 is 0 Å². The SMILES string of the molecule is CCCCS(=O)(=O)Oc1cccc(-c2nc3cc(C)ccn3c2NCc2ccccc2)c1. The van der Waals surface area contributed by atoms with Gasteiger partial charge in [0.2, 0.25) is 0 Å². The van der Waals surface area contributed by atoms with Crippen molar-refractivity contribution in [2.24, 2.45) is 0 Å². The summed E-state index contributed by atoms with van der Waals surface area (Å²) in [7, 11) is -3.62. The van der Waals surface area contributed by atoms with Gasteiger partial charge in [0.1, 0.15) is 22.9 Å². The van der Waals surface area contributed by atoms with E-state index in [1.807, 2.05) is 60.8 Å². The molecule has 0 aliphatic heterocycles. The fraction of sp³-hybridized carbons (Fsp3) is 0.240. The minimum Gasteiger partial charge on any atom is -0.382 e. The summed E-state index contributed by atoms with van der Waals surface area (Å²) >= 11 is 0. The number of unbranched alkanes of at least 4 members (excludes halogenated alkanes) is 1. The summed E-state index contributed by atoms with van der Waals surface area (Å²) in [5, 5.41) is 3.51. The number of imidazole rings is 1. The topological polar surface area (TPSA) is 72.7 Å². The summed E-state index contributed by atoms with van der Waals surface area (Å²) in [4.78, 5) is 4.84. The lowest BCUT2D eigenvalue weighted by Crippen LogP contribution is -2.13. The van der Waals surface area contributed by atoms with Crippen molar-refractivity contribution in [1.29, 1.82) is 0 Å². The Labute approximate surface area is 189 Å². The van der Waals surface area contributed by atoms with E-state index in [-0.39, 0.29) is 5.75 Å². The van der Waals surface area contributed by atoms with Crippen LogP contribution in [0.15, 0.2) is 72.9 Å². The van der Waals surface area contributed by atoms with Gasteiger partial charge in [-0.25, -0.2) is 4.98 Å². The van der Waals surface area contributed by atoms with E-state index in [1.165, 1.54) is 0 Å². The number of pyridine rings is 1. The number of nitrogens with one attached hydrogen (secondary N) is 1. The number of hydrogen-bond acceptors (Lipinski definition) is 5. The van der Waals surface area contributed by atoms with Crippen LogP contribution in [0.5, 0.6) is 5.75 Å². The lowest BCUT2D eigenvalue weighted by molar-refractivity contribution is 0.484. The summed E-state index contributed by atoms with van der Waals surface area (Å²) in [5.41, 5.74) is 4.60. The van der Waals surface area contributed by atoms with Crippen molar-refractivity contribution in [3.8, 4) is 17.0 Å². The van der Waals surface area contributed by atoms with Crippen LogP contribution >= 0.6 is 0 Å². The Morgan fingerprint density at radius 1 is 1.03 bits per heavy atom. The first-order valence-electron chi connectivity index (χ1n) is 10.7. The molecule has 0 aliphatic rings. The van der Waals surface area contributed by atoms with Gasteiger partial charge in [-0.1, -0.05) is 55.8 Å². The van der Waals surface area contributed by atoms with E-state index < -0.39 is 10.1 Å². The van der Waals surface area contributed by atoms with Gasteiger partial charge in [0.05, 0.1) is 5.75 Å². The average Bonchev–Trinajstić information content (AvgIpc) is 3.14. The van der Waals surface area contributed by atoms with E-state index in [2.05, 4.69) is 17.4 Å². The second-order valence-electron chi connectivity index (χ2n) is 7.81. The molecular weight excluding hydrogens is 422 g/mol. The van der Waals surface area contributed by atoms with E-state index in [1.54, 1.807) is 18.2 Å². The molecule has 4 aromatic rings. The molecule has 0 amide bonds. The third-order valence-corrected chi connectivity index (χ3v) is 6.40. The van der Waals surface area contributed by atoms with Gasteiger partial charge in [0.25, 0.3) is 0 Å². The molecule has 2 heterocycles. The second kappa shape index (κ2) is 9.44. The molecule has 0 saturated heterocycles. The predicted molar refractivity (Wildman–Crippen MR) is 128 cm³/mol. The summed E-state index contributed by atoms with van der Waals surface area (Å²) in [6, 6.07) is 21.3.